The Kier molecular flexibility index (Phi) is 7.51. The minimum atomic E-state index is -0.266. The first-order valence-electron chi connectivity index (χ1n) is 11.4. The number of amides is 2. The first-order chi connectivity index (χ1) is 17.5. The number of hydrogen-bond donors (Lipinski definition) is 0. The molecule has 5 nitrogen and oxygen atoms in total. The maximum atomic E-state index is 13.1. The molecule has 0 radical (unpaired) electrons. The average molecular weight is 582 g/mol. The average Bonchev–Trinajstić information content (AvgIpc) is 3.36. The number of aromatic nitrogens is 1. The van der Waals surface area contributed by atoms with Gasteiger partial charge in [-0.1, -0.05) is 70.0 Å². The smallest absolute Gasteiger partial charge is 0.293 e. The monoisotopic (exact) mass is 580 g/mol. The number of carbonyl (C=O) groups is 2. The summed E-state index contributed by atoms with van der Waals surface area (Å²) in [6, 6.07) is 23.1. The van der Waals surface area contributed by atoms with Crippen molar-refractivity contribution >= 4 is 67.4 Å². The Morgan fingerprint density at radius 2 is 1.72 bits per heavy atom. The number of ether oxygens (including phenoxy) is 1. The second-order valence-electron chi connectivity index (χ2n) is 8.32. The lowest BCUT2D eigenvalue weighted by molar-refractivity contribution is -0.123. The number of fused-ring (bicyclic) bond motifs is 1. The van der Waals surface area contributed by atoms with Crippen LogP contribution in [0.25, 0.3) is 17.0 Å². The van der Waals surface area contributed by atoms with Gasteiger partial charge < -0.3 is 9.30 Å². The molecule has 1 aliphatic rings. The summed E-state index contributed by atoms with van der Waals surface area (Å²) in [5.74, 6) is 0.411. The lowest BCUT2D eigenvalue weighted by Crippen LogP contribution is -2.27. The molecule has 0 spiro atoms. The molecular formula is C28H22BrClN2O3S. The van der Waals surface area contributed by atoms with E-state index in [0.29, 0.717) is 22.3 Å². The first-order valence-corrected chi connectivity index (χ1v) is 13.4. The van der Waals surface area contributed by atoms with E-state index in [4.69, 9.17) is 16.3 Å². The topological polar surface area (TPSA) is 51.5 Å². The van der Waals surface area contributed by atoms with Gasteiger partial charge in [-0.2, -0.15) is 0 Å². The number of hydrogen-bond acceptors (Lipinski definition) is 4. The summed E-state index contributed by atoms with van der Waals surface area (Å²) >= 11 is 10.6. The molecular weight excluding hydrogens is 560 g/mol. The maximum absolute atomic E-state index is 13.1. The second-order valence-corrected chi connectivity index (χ2v) is 10.6. The number of imide groups is 1. The minimum absolute atomic E-state index is 0.252. The van der Waals surface area contributed by atoms with E-state index in [1.165, 1.54) is 4.90 Å². The zero-order chi connectivity index (χ0) is 25.1. The molecule has 0 N–H and O–H groups in total. The van der Waals surface area contributed by atoms with Crippen molar-refractivity contribution in [1.82, 2.24) is 9.47 Å². The summed E-state index contributed by atoms with van der Waals surface area (Å²) in [6.07, 6.45) is 4.64. The van der Waals surface area contributed by atoms with Gasteiger partial charge in [0.2, 0.25) is 0 Å². The Bertz CT molecular complexity index is 1470. The van der Waals surface area contributed by atoms with Gasteiger partial charge in [0.1, 0.15) is 5.75 Å². The maximum Gasteiger partial charge on any atom is 0.293 e. The molecule has 1 aliphatic heterocycles. The number of carbonyl (C=O) groups excluding carboxylic acids is 2. The van der Waals surface area contributed by atoms with Gasteiger partial charge in [-0.3, -0.25) is 14.5 Å². The van der Waals surface area contributed by atoms with Crippen LogP contribution in [0.3, 0.4) is 0 Å². The van der Waals surface area contributed by atoms with Crippen molar-refractivity contribution in [2.75, 3.05) is 6.61 Å². The van der Waals surface area contributed by atoms with E-state index in [1.54, 1.807) is 0 Å². The van der Waals surface area contributed by atoms with Crippen molar-refractivity contribution in [3.8, 4) is 5.75 Å². The Labute approximate surface area is 226 Å². The number of halogens is 2. The number of nitrogens with zero attached hydrogens (tertiary/aromatic N) is 2. The zero-order valence-electron chi connectivity index (χ0n) is 19.2. The Morgan fingerprint density at radius 3 is 2.53 bits per heavy atom. The molecule has 1 aromatic heterocycles. The van der Waals surface area contributed by atoms with Gasteiger partial charge in [0, 0.05) is 33.7 Å². The number of aryl methyl sites for hydroxylation is 1. The molecule has 0 atom stereocenters. The highest BCUT2D eigenvalue weighted by Crippen LogP contribution is 2.35. The number of thioether (sulfide) groups is 1. The largest absolute Gasteiger partial charge is 0.492 e. The fourth-order valence-corrected chi connectivity index (χ4v) is 5.39. The Balaban J connectivity index is 1.31. The SMILES string of the molecule is O=C1S/C(=C\c2cn(CCCOc3ccccc3Cl)c3ccccc23)C(=O)N1Cc1ccc(Br)cc1. The van der Waals surface area contributed by atoms with Gasteiger partial charge in [-0.25, -0.2) is 0 Å². The van der Waals surface area contributed by atoms with Crippen LogP contribution in [0, 0.1) is 0 Å². The molecule has 4 aromatic rings. The standard InChI is InChI=1S/C28H22BrClN2O3S/c29-21-12-10-19(11-13-21)17-32-27(33)26(36-28(32)34)16-20-18-31(24-8-3-1-6-22(20)24)14-5-15-35-25-9-4-2-7-23(25)30/h1-4,6-13,16,18H,5,14-15,17H2/b26-16-. The van der Waals surface area contributed by atoms with Gasteiger partial charge in [0.05, 0.1) is 23.1 Å². The van der Waals surface area contributed by atoms with Crippen LogP contribution in [-0.2, 0) is 17.9 Å². The first kappa shape index (κ1) is 24.7. The molecule has 1 fully saturated rings. The van der Waals surface area contributed by atoms with E-state index in [-0.39, 0.29) is 17.7 Å². The summed E-state index contributed by atoms with van der Waals surface area (Å²) < 4.78 is 8.93. The molecule has 3 aromatic carbocycles. The van der Waals surface area contributed by atoms with Crippen LogP contribution >= 0.6 is 39.3 Å². The fourth-order valence-electron chi connectivity index (χ4n) is 4.10. The molecule has 0 unspecified atom stereocenters. The third-order valence-corrected chi connectivity index (χ3v) is 7.62. The zero-order valence-corrected chi connectivity index (χ0v) is 22.4. The molecule has 8 heteroatoms. The summed E-state index contributed by atoms with van der Waals surface area (Å²) in [7, 11) is 0. The third kappa shape index (κ3) is 5.38. The van der Waals surface area contributed by atoms with Crippen LogP contribution in [0.5, 0.6) is 5.75 Å². The summed E-state index contributed by atoms with van der Waals surface area (Å²) in [5, 5.41) is 1.37. The van der Waals surface area contributed by atoms with E-state index in [2.05, 4.69) is 26.6 Å². The van der Waals surface area contributed by atoms with Crippen LogP contribution in [0.1, 0.15) is 17.5 Å². The Hall–Kier alpha value is -3.00. The molecule has 0 saturated carbocycles. The van der Waals surface area contributed by atoms with Crippen molar-refractivity contribution in [3.05, 3.63) is 105 Å². The van der Waals surface area contributed by atoms with Gasteiger partial charge in [-0.15, -0.1) is 0 Å². The van der Waals surface area contributed by atoms with Gasteiger partial charge >= 0.3 is 0 Å². The van der Waals surface area contributed by atoms with E-state index >= 15 is 0 Å². The normalized spacial score (nSPS) is 14.8. The lowest BCUT2D eigenvalue weighted by atomic mass is 10.1. The molecule has 36 heavy (non-hydrogen) atoms. The molecule has 0 bridgehead atoms. The Morgan fingerprint density at radius 1 is 0.972 bits per heavy atom. The number of benzene rings is 3. The molecule has 182 valence electrons. The van der Waals surface area contributed by atoms with Crippen LogP contribution in [0.2, 0.25) is 5.02 Å². The van der Waals surface area contributed by atoms with Crippen molar-refractivity contribution in [2.45, 2.75) is 19.5 Å². The van der Waals surface area contributed by atoms with Crippen LogP contribution in [-0.4, -0.2) is 27.2 Å². The molecule has 1 saturated heterocycles. The fraction of sp³-hybridized carbons (Fsp3) is 0.143. The highest BCUT2D eigenvalue weighted by Gasteiger charge is 2.35. The summed E-state index contributed by atoms with van der Waals surface area (Å²) in [5.41, 5.74) is 2.87. The molecule has 5 rings (SSSR count). The molecule has 2 heterocycles. The van der Waals surface area contributed by atoms with Crippen molar-refractivity contribution in [3.63, 3.8) is 0 Å². The number of rotatable bonds is 8. The highest BCUT2D eigenvalue weighted by molar-refractivity contribution is 9.10. The van der Waals surface area contributed by atoms with Crippen LogP contribution < -0.4 is 4.74 Å². The minimum Gasteiger partial charge on any atom is -0.492 e. The van der Waals surface area contributed by atoms with E-state index in [9.17, 15) is 9.59 Å². The van der Waals surface area contributed by atoms with E-state index < -0.39 is 0 Å². The highest BCUT2D eigenvalue weighted by atomic mass is 79.9. The second kappa shape index (κ2) is 10.9. The predicted octanol–water partition coefficient (Wildman–Crippen LogP) is 7.76. The van der Waals surface area contributed by atoms with Crippen molar-refractivity contribution in [2.24, 2.45) is 0 Å². The lowest BCUT2D eigenvalue weighted by Gasteiger charge is -2.12. The summed E-state index contributed by atoms with van der Waals surface area (Å²) in [6.45, 7) is 1.52. The number of para-hydroxylation sites is 2. The van der Waals surface area contributed by atoms with E-state index in [0.717, 1.165) is 51.2 Å². The van der Waals surface area contributed by atoms with Crippen LogP contribution in [0.4, 0.5) is 4.79 Å². The van der Waals surface area contributed by atoms with Gasteiger partial charge in [0.15, 0.2) is 0 Å². The van der Waals surface area contributed by atoms with E-state index in [1.807, 2.05) is 79.0 Å². The molecule has 2 amide bonds. The predicted molar refractivity (Wildman–Crippen MR) is 149 cm³/mol. The van der Waals surface area contributed by atoms with Crippen LogP contribution in [0.15, 0.2) is 88.4 Å². The molecule has 0 aliphatic carbocycles. The summed E-state index contributed by atoms with van der Waals surface area (Å²) in [4.78, 5) is 27.4. The van der Waals surface area contributed by atoms with Crippen molar-refractivity contribution in [1.29, 1.82) is 0 Å². The third-order valence-electron chi connectivity index (χ3n) is 5.87. The van der Waals surface area contributed by atoms with Crippen molar-refractivity contribution < 1.29 is 14.3 Å². The van der Waals surface area contributed by atoms with Gasteiger partial charge in [-0.05, 0) is 60.2 Å². The van der Waals surface area contributed by atoms with Gasteiger partial charge in [0.25, 0.3) is 11.1 Å². The quantitative estimate of drug-likeness (QED) is 0.158.